The number of hydrogen-bond acceptors (Lipinski definition) is 6. The number of hydrogen-bond donors (Lipinski definition) is 0. The molecule has 31 heavy (non-hydrogen) atoms. The molecule has 5 rings (SSSR count). The number of carbonyl (C=O) groups is 1. The van der Waals surface area contributed by atoms with Gasteiger partial charge in [-0.25, -0.2) is 0 Å². The minimum atomic E-state index is -0.418. The summed E-state index contributed by atoms with van der Waals surface area (Å²) in [6.45, 7) is 1.42. The Balaban J connectivity index is 1.24. The molecule has 0 saturated carbocycles. The summed E-state index contributed by atoms with van der Waals surface area (Å²) in [5.41, 5.74) is 3.19. The number of pyridine rings is 1. The molecule has 0 unspecified atom stereocenters. The Labute approximate surface area is 179 Å². The third kappa shape index (κ3) is 3.94. The Morgan fingerprint density at radius 3 is 2.90 bits per heavy atom. The third-order valence-corrected chi connectivity index (χ3v) is 5.66. The maximum atomic E-state index is 12.9. The molecular formula is C23H23N5O3. The quantitative estimate of drug-likeness (QED) is 0.496. The van der Waals surface area contributed by atoms with Crippen molar-refractivity contribution in [3.05, 3.63) is 66.4 Å². The predicted molar refractivity (Wildman–Crippen MR) is 114 cm³/mol. The van der Waals surface area contributed by atoms with Crippen molar-refractivity contribution in [1.29, 1.82) is 0 Å². The molecule has 1 atom stereocenters. The number of amides is 1. The monoisotopic (exact) mass is 417 g/mol. The van der Waals surface area contributed by atoms with Crippen LogP contribution in [0.5, 0.6) is 0 Å². The fourth-order valence-electron chi connectivity index (χ4n) is 4.03. The van der Waals surface area contributed by atoms with Crippen LogP contribution in [-0.4, -0.2) is 50.2 Å². The molecule has 1 amide bonds. The lowest BCUT2D eigenvalue weighted by Crippen LogP contribution is -2.42. The number of aryl methyl sites for hydroxylation is 2. The second-order valence-electron chi connectivity index (χ2n) is 7.67. The maximum absolute atomic E-state index is 12.9. The van der Waals surface area contributed by atoms with Crippen molar-refractivity contribution in [2.45, 2.75) is 18.9 Å². The second-order valence-corrected chi connectivity index (χ2v) is 7.67. The van der Waals surface area contributed by atoms with E-state index in [2.05, 4.69) is 38.0 Å². The topological polar surface area (TPSA) is 86.3 Å². The number of benzene rings is 1. The summed E-state index contributed by atoms with van der Waals surface area (Å²) < 4.78 is 13.3. The molecule has 1 fully saturated rings. The van der Waals surface area contributed by atoms with E-state index in [1.807, 2.05) is 36.2 Å². The number of fused-ring (bicyclic) bond motifs is 1. The summed E-state index contributed by atoms with van der Waals surface area (Å²) in [7, 11) is 2.03. The number of ether oxygens (including phenoxy) is 1. The van der Waals surface area contributed by atoms with Crippen LogP contribution in [-0.2, 0) is 23.0 Å². The smallest absolute Gasteiger partial charge is 0.257 e. The van der Waals surface area contributed by atoms with Crippen molar-refractivity contribution in [2.24, 2.45) is 7.05 Å². The summed E-state index contributed by atoms with van der Waals surface area (Å²) in [5.74, 6) is 0.980. The molecule has 1 saturated heterocycles. The van der Waals surface area contributed by atoms with E-state index in [0.717, 1.165) is 5.56 Å². The highest BCUT2D eigenvalue weighted by Gasteiger charge is 2.29. The zero-order chi connectivity index (χ0) is 21.2. The Morgan fingerprint density at radius 2 is 2.03 bits per heavy atom. The lowest BCUT2D eigenvalue weighted by molar-refractivity contribution is -0.140. The summed E-state index contributed by atoms with van der Waals surface area (Å²) in [6, 6.07) is 11.9. The van der Waals surface area contributed by atoms with Gasteiger partial charge >= 0.3 is 0 Å². The van der Waals surface area contributed by atoms with E-state index in [1.165, 1.54) is 16.5 Å². The van der Waals surface area contributed by atoms with Crippen molar-refractivity contribution in [2.75, 3.05) is 19.7 Å². The van der Waals surface area contributed by atoms with E-state index in [4.69, 9.17) is 9.26 Å². The van der Waals surface area contributed by atoms with E-state index in [-0.39, 0.29) is 5.91 Å². The molecule has 0 bridgehead atoms. The van der Waals surface area contributed by atoms with Crippen LogP contribution < -0.4 is 0 Å². The summed E-state index contributed by atoms with van der Waals surface area (Å²) in [5, 5.41) is 5.24. The summed E-state index contributed by atoms with van der Waals surface area (Å²) in [4.78, 5) is 23.2. The highest BCUT2D eigenvalue weighted by molar-refractivity contribution is 5.85. The zero-order valence-corrected chi connectivity index (χ0v) is 17.3. The zero-order valence-electron chi connectivity index (χ0n) is 17.3. The van der Waals surface area contributed by atoms with Crippen LogP contribution in [0.4, 0.5) is 0 Å². The molecule has 0 N–H and O–H groups in total. The molecule has 0 spiro atoms. The first-order chi connectivity index (χ1) is 15.2. The van der Waals surface area contributed by atoms with Crippen molar-refractivity contribution in [3.8, 4) is 11.4 Å². The maximum Gasteiger partial charge on any atom is 0.257 e. The standard InChI is InChI=1S/C23H23N5O3/c1-27-14-17(18-4-2-3-5-19(18)27)6-7-21(29)28-12-13-30-20(15-28)23-25-22(26-31-23)16-8-10-24-11-9-16/h2-5,8-11,14,20H,6-7,12-13,15H2,1H3/t20-/m0/s1. The van der Waals surface area contributed by atoms with E-state index < -0.39 is 6.10 Å². The largest absolute Gasteiger partial charge is 0.365 e. The van der Waals surface area contributed by atoms with E-state index >= 15 is 0 Å². The Morgan fingerprint density at radius 1 is 1.19 bits per heavy atom. The predicted octanol–water partition coefficient (Wildman–Crippen LogP) is 3.16. The van der Waals surface area contributed by atoms with Crippen LogP contribution in [0.2, 0.25) is 0 Å². The molecule has 1 aliphatic rings. The number of para-hydroxylation sites is 1. The van der Waals surface area contributed by atoms with Gasteiger partial charge in [-0.05, 0) is 30.2 Å². The molecule has 8 nitrogen and oxygen atoms in total. The minimum absolute atomic E-state index is 0.107. The number of rotatable bonds is 5. The van der Waals surface area contributed by atoms with E-state index in [0.29, 0.717) is 44.3 Å². The van der Waals surface area contributed by atoms with E-state index in [1.54, 1.807) is 12.4 Å². The average molecular weight is 417 g/mol. The summed E-state index contributed by atoms with van der Waals surface area (Å²) >= 11 is 0. The van der Waals surface area contributed by atoms with Crippen LogP contribution in [0, 0.1) is 0 Å². The Bertz CT molecular complexity index is 1200. The van der Waals surface area contributed by atoms with Gasteiger partial charge in [-0.1, -0.05) is 23.4 Å². The number of nitrogens with zero attached hydrogens (tertiary/aromatic N) is 5. The molecule has 1 aliphatic heterocycles. The van der Waals surface area contributed by atoms with Crippen molar-refractivity contribution in [1.82, 2.24) is 24.6 Å². The molecule has 4 heterocycles. The molecule has 8 heteroatoms. The van der Waals surface area contributed by atoms with Gasteiger partial charge in [0.25, 0.3) is 5.89 Å². The second kappa shape index (κ2) is 8.31. The molecular weight excluding hydrogens is 394 g/mol. The number of aromatic nitrogens is 4. The third-order valence-electron chi connectivity index (χ3n) is 5.66. The molecule has 0 radical (unpaired) electrons. The first-order valence-corrected chi connectivity index (χ1v) is 10.4. The van der Waals surface area contributed by atoms with Crippen LogP contribution in [0.1, 0.15) is 24.0 Å². The first kappa shape index (κ1) is 19.4. The fourth-order valence-corrected chi connectivity index (χ4v) is 4.03. The van der Waals surface area contributed by atoms with Crippen LogP contribution in [0.15, 0.2) is 59.5 Å². The normalized spacial score (nSPS) is 16.7. The van der Waals surface area contributed by atoms with Crippen LogP contribution in [0.25, 0.3) is 22.3 Å². The van der Waals surface area contributed by atoms with Gasteiger partial charge in [0.1, 0.15) is 0 Å². The Kier molecular flexibility index (Phi) is 5.21. The molecule has 1 aromatic carbocycles. The minimum Gasteiger partial charge on any atom is -0.365 e. The first-order valence-electron chi connectivity index (χ1n) is 10.4. The van der Waals surface area contributed by atoms with Crippen LogP contribution in [0.3, 0.4) is 0 Å². The van der Waals surface area contributed by atoms with Gasteiger partial charge in [-0.2, -0.15) is 4.98 Å². The van der Waals surface area contributed by atoms with Crippen molar-refractivity contribution < 1.29 is 14.1 Å². The molecule has 158 valence electrons. The SMILES string of the molecule is Cn1cc(CCC(=O)N2CCO[C@H](c3nc(-c4ccncc4)no3)C2)c2ccccc21. The highest BCUT2D eigenvalue weighted by atomic mass is 16.5. The highest BCUT2D eigenvalue weighted by Crippen LogP contribution is 2.25. The van der Waals surface area contributed by atoms with Gasteiger partial charge in [-0.3, -0.25) is 9.78 Å². The number of morpholine rings is 1. The van der Waals surface area contributed by atoms with E-state index in [9.17, 15) is 4.79 Å². The van der Waals surface area contributed by atoms with Gasteiger partial charge in [-0.15, -0.1) is 0 Å². The molecule has 3 aromatic heterocycles. The van der Waals surface area contributed by atoms with Crippen LogP contribution >= 0.6 is 0 Å². The molecule has 4 aromatic rings. The number of carbonyl (C=O) groups excluding carboxylic acids is 1. The average Bonchev–Trinajstić information content (AvgIpc) is 3.44. The van der Waals surface area contributed by atoms with Gasteiger partial charge < -0.3 is 18.7 Å². The van der Waals surface area contributed by atoms with Crippen molar-refractivity contribution >= 4 is 16.8 Å². The lowest BCUT2D eigenvalue weighted by atomic mass is 10.1. The van der Waals surface area contributed by atoms with Crippen molar-refractivity contribution in [3.63, 3.8) is 0 Å². The van der Waals surface area contributed by atoms with Gasteiger partial charge in [0.2, 0.25) is 11.7 Å². The lowest BCUT2D eigenvalue weighted by Gasteiger charge is -2.31. The van der Waals surface area contributed by atoms with Gasteiger partial charge in [0, 0.05) is 55.1 Å². The molecule has 0 aliphatic carbocycles. The van der Waals surface area contributed by atoms with Gasteiger partial charge in [0.15, 0.2) is 6.10 Å². The fraction of sp³-hybridized carbons (Fsp3) is 0.304. The Hall–Kier alpha value is -3.52. The van der Waals surface area contributed by atoms with Gasteiger partial charge in [0.05, 0.1) is 13.2 Å². The summed E-state index contributed by atoms with van der Waals surface area (Å²) in [6.07, 6.45) is 6.21.